The largest absolute Gasteiger partial charge is 0.454 e. The Labute approximate surface area is 164 Å². The van der Waals surface area contributed by atoms with E-state index in [1.165, 1.54) is 17.0 Å². The molecule has 0 unspecified atom stereocenters. The van der Waals surface area contributed by atoms with Gasteiger partial charge in [-0.25, -0.2) is 4.68 Å². The van der Waals surface area contributed by atoms with Gasteiger partial charge in [0.2, 0.25) is 0 Å². The van der Waals surface area contributed by atoms with Gasteiger partial charge < -0.3 is 9.64 Å². The molecular weight excluding hydrogens is 382 g/mol. The van der Waals surface area contributed by atoms with Gasteiger partial charge in [0.1, 0.15) is 6.54 Å². The van der Waals surface area contributed by atoms with E-state index in [9.17, 15) is 19.2 Å². The molecule has 0 radical (unpaired) electrons. The Morgan fingerprint density at radius 2 is 1.89 bits per heavy atom. The number of carbonyl (C=O) groups is 2. The molecule has 0 saturated carbocycles. The lowest BCUT2D eigenvalue weighted by molar-refractivity contribution is -0.152. The Balaban J connectivity index is 1.61. The van der Waals surface area contributed by atoms with Crippen molar-refractivity contribution in [2.45, 2.75) is 20.0 Å². The first-order valence-electron chi connectivity index (χ1n) is 8.51. The summed E-state index contributed by atoms with van der Waals surface area (Å²) in [6, 6.07) is 8.30. The number of nitrogens with one attached hydrogen (secondary N) is 1. The van der Waals surface area contributed by atoms with Gasteiger partial charge in [0, 0.05) is 11.9 Å². The van der Waals surface area contributed by atoms with Crippen LogP contribution in [0, 0.1) is 6.92 Å². The molecule has 0 aliphatic heterocycles. The van der Waals surface area contributed by atoms with Crippen LogP contribution < -0.4 is 11.1 Å². The fraction of sp³-hybridized carbons (Fsp3) is 0.263. The number of hydrogen-bond acceptors (Lipinski definition) is 6. The van der Waals surface area contributed by atoms with Gasteiger partial charge in [-0.1, -0.05) is 12.1 Å². The van der Waals surface area contributed by atoms with E-state index in [0.717, 1.165) is 15.1 Å². The second-order valence-corrected chi connectivity index (χ2v) is 7.32. The number of thiophene rings is 1. The molecule has 3 aromatic rings. The highest BCUT2D eigenvalue weighted by atomic mass is 32.1. The molecule has 1 amide bonds. The van der Waals surface area contributed by atoms with Gasteiger partial charge in [-0.05, 0) is 36.1 Å². The third-order valence-corrected chi connectivity index (χ3v) is 5.31. The summed E-state index contributed by atoms with van der Waals surface area (Å²) in [5.74, 6) is -1.15. The molecular formula is C19H19N3O5S. The van der Waals surface area contributed by atoms with E-state index in [4.69, 9.17) is 4.74 Å². The van der Waals surface area contributed by atoms with Crippen molar-refractivity contribution >= 4 is 34.0 Å². The number of H-pyrrole nitrogens is 1. The third-order valence-electron chi connectivity index (χ3n) is 4.30. The molecule has 0 saturated heterocycles. The Morgan fingerprint density at radius 1 is 1.18 bits per heavy atom. The first-order chi connectivity index (χ1) is 13.4. The SMILES string of the molecule is Cc1ccsc1CN(C)C(=O)COC(=O)Cn1[nH]c(=O)c2ccccc2c1=O. The molecule has 8 nitrogen and oxygen atoms in total. The third kappa shape index (κ3) is 4.20. The molecule has 0 aliphatic carbocycles. The Kier molecular flexibility index (Phi) is 5.74. The van der Waals surface area contributed by atoms with Crippen molar-refractivity contribution in [2.75, 3.05) is 13.7 Å². The number of ether oxygens (including phenoxy) is 1. The molecule has 2 aromatic heterocycles. The number of rotatable bonds is 6. The van der Waals surface area contributed by atoms with Gasteiger partial charge in [-0.2, -0.15) is 0 Å². The van der Waals surface area contributed by atoms with Crippen LogP contribution in [0.25, 0.3) is 10.8 Å². The zero-order valence-electron chi connectivity index (χ0n) is 15.4. The number of hydrogen-bond donors (Lipinski definition) is 1. The van der Waals surface area contributed by atoms with Crippen LogP contribution in [0.1, 0.15) is 10.4 Å². The van der Waals surface area contributed by atoms with Crippen molar-refractivity contribution < 1.29 is 14.3 Å². The minimum Gasteiger partial charge on any atom is -0.454 e. The van der Waals surface area contributed by atoms with Crippen LogP contribution in [0.3, 0.4) is 0 Å². The molecule has 28 heavy (non-hydrogen) atoms. The number of carbonyl (C=O) groups excluding carboxylic acids is 2. The normalized spacial score (nSPS) is 10.8. The molecule has 0 bridgehead atoms. The first-order valence-corrected chi connectivity index (χ1v) is 9.39. The summed E-state index contributed by atoms with van der Waals surface area (Å²) in [4.78, 5) is 51.1. The molecule has 1 aromatic carbocycles. The highest BCUT2D eigenvalue weighted by Crippen LogP contribution is 2.17. The van der Waals surface area contributed by atoms with Crippen LogP contribution in [0.2, 0.25) is 0 Å². The van der Waals surface area contributed by atoms with Crippen LogP contribution in [0.15, 0.2) is 45.3 Å². The number of nitrogens with zero attached hydrogens (tertiary/aromatic N) is 2. The molecule has 3 rings (SSSR count). The number of benzene rings is 1. The first kappa shape index (κ1) is 19.6. The topological polar surface area (TPSA) is 101 Å². The lowest BCUT2D eigenvalue weighted by atomic mass is 10.2. The second kappa shape index (κ2) is 8.22. The molecule has 9 heteroatoms. The van der Waals surface area contributed by atoms with Crippen molar-refractivity contribution in [2.24, 2.45) is 0 Å². The average Bonchev–Trinajstić information content (AvgIpc) is 3.08. The lowest BCUT2D eigenvalue weighted by Crippen LogP contribution is -2.35. The number of amides is 1. The highest BCUT2D eigenvalue weighted by Gasteiger charge is 2.15. The fourth-order valence-electron chi connectivity index (χ4n) is 2.65. The molecule has 146 valence electrons. The Morgan fingerprint density at radius 3 is 2.57 bits per heavy atom. The van der Waals surface area contributed by atoms with Crippen molar-refractivity contribution in [3.63, 3.8) is 0 Å². The Bertz CT molecular complexity index is 1140. The maximum atomic E-state index is 12.4. The van der Waals surface area contributed by atoms with E-state index in [0.29, 0.717) is 6.54 Å². The van der Waals surface area contributed by atoms with Gasteiger partial charge in [-0.15, -0.1) is 11.3 Å². The molecule has 1 N–H and O–H groups in total. The van der Waals surface area contributed by atoms with Gasteiger partial charge in [0.15, 0.2) is 6.61 Å². The summed E-state index contributed by atoms with van der Waals surface area (Å²) in [6.07, 6.45) is 0. The van der Waals surface area contributed by atoms with Crippen LogP contribution >= 0.6 is 11.3 Å². The minimum absolute atomic E-state index is 0.209. The molecule has 0 atom stereocenters. The quantitative estimate of drug-likeness (QED) is 0.627. The van der Waals surface area contributed by atoms with E-state index in [-0.39, 0.29) is 16.7 Å². The van der Waals surface area contributed by atoms with Crippen molar-refractivity contribution in [1.29, 1.82) is 0 Å². The number of likely N-dealkylation sites (N-methyl/N-ethyl adjacent to an activating group) is 1. The molecule has 0 fully saturated rings. The average molecular weight is 401 g/mol. The smallest absolute Gasteiger partial charge is 0.328 e. The van der Waals surface area contributed by atoms with Crippen molar-refractivity contribution in [3.05, 3.63) is 66.9 Å². The maximum Gasteiger partial charge on any atom is 0.328 e. The van der Waals surface area contributed by atoms with Crippen LogP contribution in [0.5, 0.6) is 0 Å². The highest BCUT2D eigenvalue weighted by molar-refractivity contribution is 7.10. The standard InChI is InChI=1S/C19H19N3O5S/c1-12-7-8-28-15(12)9-21(2)16(23)11-27-17(24)10-22-19(26)14-6-4-3-5-13(14)18(25)20-22/h3-8H,9-11H2,1-2H3,(H,20,25). The van der Waals surface area contributed by atoms with Gasteiger partial charge in [0.05, 0.1) is 17.3 Å². The van der Waals surface area contributed by atoms with Crippen LogP contribution in [-0.4, -0.2) is 40.2 Å². The van der Waals surface area contributed by atoms with Gasteiger partial charge in [0.25, 0.3) is 17.0 Å². The Hall–Kier alpha value is -3.20. The van der Waals surface area contributed by atoms with E-state index in [2.05, 4.69) is 5.10 Å². The summed E-state index contributed by atoms with van der Waals surface area (Å²) in [6.45, 7) is 1.47. The number of aryl methyl sites for hydroxylation is 1. The molecule has 0 aliphatic rings. The van der Waals surface area contributed by atoms with Crippen LogP contribution in [0.4, 0.5) is 0 Å². The number of aromatic amines is 1. The predicted octanol–water partition coefficient (Wildman–Crippen LogP) is 1.26. The van der Waals surface area contributed by atoms with E-state index in [1.54, 1.807) is 30.5 Å². The number of aromatic nitrogens is 2. The molecule has 0 spiro atoms. The van der Waals surface area contributed by atoms with Crippen molar-refractivity contribution in [1.82, 2.24) is 14.7 Å². The van der Waals surface area contributed by atoms with Crippen LogP contribution in [-0.2, 0) is 27.4 Å². The second-order valence-electron chi connectivity index (χ2n) is 6.32. The zero-order valence-corrected chi connectivity index (χ0v) is 16.2. The summed E-state index contributed by atoms with van der Waals surface area (Å²) < 4.78 is 5.86. The van der Waals surface area contributed by atoms with Crippen molar-refractivity contribution in [3.8, 4) is 0 Å². The number of fused-ring (bicyclic) bond motifs is 1. The summed E-state index contributed by atoms with van der Waals surface area (Å²) in [5, 5.41) is 4.76. The predicted molar refractivity (Wildman–Crippen MR) is 105 cm³/mol. The van der Waals surface area contributed by atoms with E-state index in [1.807, 2.05) is 18.4 Å². The monoisotopic (exact) mass is 401 g/mol. The summed E-state index contributed by atoms with van der Waals surface area (Å²) in [5.41, 5.74) is 0.107. The van der Waals surface area contributed by atoms with E-state index < -0.39 is 30.2 Å². The maximum absolute atomic E-state index is 12.4. The summed E-state index contributed by atoms with van der Waals surface area (Å²) in [7, 11) is 1.63. The lowest BCUT2D eigenvalue weighted by Gasteiger charge is -2.17. The van der Waals surface area contributed by atoms with E-state index >= 15 is 0 Å². The van der Waals surface area contributed by atoms with Gasteiger partial charge >= 0.3 is 5.97 Å². The van der Waals surface area contributed by atoms with Gasteiger partial charge in [-0.3, -0.25) is 24.3 Å². The zero-order chi connectivity index (χ0) is 20.3. The fourth-order valence-corrected chi connectivity index (χ4v) is 3.61. The minimum atomic E-state index is -0.790. The summed E-state index contributed by atoms with van der Waals surface area (Å²) >= 11 is 1.55. The molecule has 2 heterocycles. The number of esters is 1.